The highest BCUT2D eigenvalue weighted by atomic mass is 16.5. The highest BCUT2D eigenvalue weighted by molar-refractivity contribution is 5.77. The fourth-order valence-corrected chi connectivity index (χ4v) is 4.03. The number of carbonyl (C=O) groups is 1. The quantitative estimate of drug-likeness (QED) is 0.744. The summed E-state index contributed by atoms with van der Waals surface area (Å²) in [6, 6.07) is 6.61. The summed E-state index contributed by atoms with van der Waals surface area (Å²) in [6.07, 6.45) is 8.85. The first kappa shape index (κ1) is 20.0. The van der Waals surface area contributed by atoms with Crippen molar-refractivity contribution in [1.82, 2.24) is 19.8 Å². The van der Waals surface area contributed by atoms with Crippen molar-refractivity contribution in [2.75, 3.05) is 26.2 Å². The third kappa shape index (κ3) is 5.18. The van der Waals surface area contributed by atoms with E-state index in [2.05, 4.69) is 26.0 Å². The molecule has 6 heteroatoms. The molecule has 6 nitrogen and oxygen atoms in total. The number of benzene rings is 1. The fraction of sp³-hybridized carbons (Fsp3) is 0.565. The zero-order chi connectivity index (χ0) is 20.2. The summed E-state index contributed by atoms with van der Waals surface area (Å²) in [6.45, 7) is 7.95. The largest absolute Gasteiger partial charge is 0.483 e. The Morgan fingerprint density at radius 1 is 1.21 bits per heavy atom. The van der Waals surface area contributed by atoms with E-state index in [4.69, 9.17) is 4.74 Å². The predicted octanol–water partition coefficient (Wildman–Crippen LogP) is 3.24. The van der Waals surface area contributed by atoms with Crippen molar-refractivity contribution in [3.05, 3.63) is 47.5 Å². The van der Waals surface area contributed by atoms with Gasteiger partial charge >= 0.3 is 0 Å². The number of hydrogen-bond donors (Lipinski definition) is 1. The lowest BCUT2D eigenvalue weighted by Gasteiger charge is -2.31. The van der Waals surface area contributed by atoms with Crippen LogP contribution >= 0.6 is 0 Å². The number of piperidine rings is 1. The molecule has 1 amide bonds. The van der Waals surface area contributed by atoms with Crippen LogP contribution in [0.2, 0.25) is 0 Å². The number of amides is 1. The van der Waals surface area contributed by atoms with Crippen LogP contribution in [-0.4, -0.2) is 46.6 Å². The Balaban J connectivity index is 1.15. The SMILES string of the molecule is Cc1cccc(OCC(=O)NCC2CCN(Cc3nccn3C3CC3)CC2)c1C. The lowest BCUT2D eigenvalue weighted by Crippen LogP contribution is -2.39. The normalized spacial score (nSPS) is 18.0. The lowest BCUT2D eigenvalue weighted by atomic mass is 9.97. The molecule has 1 aliphatic carbocycles. The van der Waals surface area contributed by atoms with Crippen molar-refractivity contribution >= 4 is 5.91 Å². The average molecular weight is 397 g/mol. The predicted molar refractivity (Wildman–Crippen MR) is 113 cm³/mol. The summed E-state index contributed by atoms with van der Waals surface area (Å²) < 4.78 is 8.05. The summed E-state index contributed by atoms with van der Waals surface area (Å²) in [5.41, 5.74) is 2.27. The number of imidazole rings is 1. The van der Waals surface area contributed by atoms with Crippen LogP contribution in [0.1, 0.15) is 48.7 Å². The first-order valence-electron chi connectivity index (χ1n) is 10.8. The second-order valence-corrected chi connectivity index (χ2v) is 8.49. The molecule has 156 valence electrons. The second kappa shape index (κ2) is 8.99. The van der Waals surface area contributed by atoms with Gasteiger partial charge in [-0.25, -0.2) is 4.98 Å². The highest BCUT2D eigenvalue weighted by Crippen LogP contribution is 2.35. The van der Waals surface area contributed by atoms with E-state index in [0.717, 1.165) is 50.3 Å². The maximum absolute atomic E-state index is 12.2. The average Bonchev–Trinajstić information content (AvgIpc) is 3.47. The Hall–Kier alpha value is -2.34. The van der Waals surface area contributed by atoms with E-state index in [-0.39, 0.29) is 12.5 Å². The minimum absolute atomic E-state index is 0.0419. The van der Waals surface area contributed by atoms with Gasteiger partial charge in [0.1, 0.15) is 11.6 Å². The van der Waals surface area contributed by atoms with Crippen molar-refractivity contribution in [2.24, 2.45) is 5.92 Å². The van der Waals surface area contributed by atoms with E-state index in [1.165, 1.54) is 24.2 Å². The highest BCUT2D eigenvalue weighted by Gasteiger charge is 2.27. The number of likely N-dealkylation sites (tertiary alicyclic amines) is 1. The molecular formula is C23H32N4O2. The van der Waals surface area contributed by atoms with Gasteiger partial charge in [-0.05, 0) is 75.7 Å². The standard InChI is InChI=1S/C23H32N4O2/c1-17-4-3-5-21(18(17)2)29-16-23(28)25-14-19-8-11-26(12-9-19)15-22-24-10-13-27(22)20-6-7-20/h3-5,10,13,19-20H,6-9,11-12,14-16H2,1-2H3,(H,25,28). The number of nitrogens with zero attached hydrogens (tertiary/aromatic N) is 3. The molecule has 2 aliphatic rings. The monoisotopic (exact) mass is 396 g/mol. The van der Waals surface area contributed by atoms with Gasteiger partial charge in [-0.2, -0.15) is 0 Å². The van der Waals surface area contributed by atoms with E-state index < -0.39 is 0 Å². The van der Waals surface area contributed by atoms with E-state index in [1.54, 1.807) is 0 Å². The van der Waals surface area contributed by atoms with Crippen molar-refractivity contribution in [3.8, 4) is 5.75 Å². The Labute approximate surface area is 173 Å². The van der Waals surface area contributed by atoms with Crippen LogP contribution in [0.15, 0.2) is 30.6 Å². The fourth-order valence-electron chi connectivity index (χ4n) is 4.03. The topological polar surface area (TPSA) is 59.4 Å². The van der Waals surface area contributed by atoms with E-state index in [0.29, 0.717) is 12.0 Å². The molecule has 1 saturated heterocycles. The summed E-state index contributed by atoms with van der Waals surface area (Å²) in [7, 11) is 0. The van der Waals surface area contributed by atoms with E-state index in [1.807, 2.05) is 38.2 Å². The van der Waals surface area contributed by atoms with Gasteiger partial charge in [-0.1, -0.05) is 12.1 Å². The molecule has 1 N–H and O–H groups in total. The molecule has 1 aromatic heterocycles. The third-order valence-corrected chi connectivity index (χ3v) is 6.26. The van der Waals surface area contributed by atoms with Crippen molar-refractivity contribution in [2.45, 2.75) is 52.1 Å². The maximum atomic E-state index is 12.2. The van der Waals surface area contributed by atoms with Gasteiger partial charge in [0.15, 0.2) is 6.61 Å². The van der Waals surface area contributed by atoms with Gasteiger partial charge in [-0.3, -0.25) is 9.69 Å². The number of carbonyl (C=O) groups excluding carboxylic acids is 1. The Bertz CT molecular complexity index is 835. The summed E-state index contributed by atoms with van der Waals surface area (Å²) in [5.74, 6) is 2.49. The lowest BCUT2D eigenvalue weighted by molar-refractivity contribution is -0.123. The molecule has 0 radical (unpaired) electrons. The first-order valence-corrected chi connectivity index (χ1v) is 10.8. The van der Waals surface area contributed by atoms with Crippen molar-refractivity contribution in [3.63, 3.8) is 0 Å². The smallest absolute Gasteiger partial charge is 0.257 e. The molecule has 2 fully saturated rings. The van der Waals surface area contributed by atoms with E-state index >= 15 is 0 Å². The van der Waals surface area contributed by atoms with Crippen LogP contribution in [0.3, 0.4) is 0 Å². The molecule has 0 atom stereocenters. The summed E-state index contributed by atoms with van der Waals surface area (Å²) in [4.78, 5) is 19.2. The van der Waals surface area contributed by atoms with Crippen molar-refractivity contribution in [1.29, 1.82) is 0 Å². The summed E-state index contributed by atoms with van der Waals surface area (Å²) >= 11 is 0. The van der Waals surface area contributed by atoms with Gasteiger partial charge in [0.2, 0.25) is 0 Å². The maximum Gasteiger partial charge on any atom is 0.257 e. The minimum Gasteiger partial charge on any atom is -0.483 e. The molecule has 2 aromatic rings. The van der Waals surface area contributed by atoms with Gasteiger partial charge in [0.25, 0.3) is 5.91 Å². The molecule has 0 bridgehead atoms. The number of aromatic nitrogens is 2. The molecule has 2 heterocycles. The Morgan fingerprint density at radius 3 is 2.76 bits per heavy atom. The molecule has 1 saturated carbocycles. The zero-order valence-electron chi connectivity index (χ0n) is 17.6. The van der Waals surface area contributed by atoms with Gasteiger partial charge in [0, 0.05) is 25.0 Å². The summed E-state index contributed by atoms with van der Waals surface area (Å²) in [5, 5.41) is 3.05. The van der Waals surface area contributed by atoms with Gasteiger partial charge in [0.05, 0.1) is 6.54 Å². The van der Waals surface area contributed by atoms with E-state index in [9.17, 15) is 4.79 Å². The van der Waals surface area contributed by atoms with Gasteiger partial charge in [-0.15, -0.1) is 0 Å². The molecular weight excluding hydrogens is 364 g/mol. The third-order valence-electron chi connectivity index (χ3n) is 6.26. The molecule has 1 aliphatic heterocycles. The molecule has 4 rings (SSSR count). The molecule has 0 unspecified atom stereocenters. The Kier molecular flexibility index (Phi) is 6.19. The number of rotatable bonds is 8. The number of nitrogens with one attached hydrogen (secondary N) is 1. The second-order valence-electron chi connectivity index (χ2n) is 8.49. The van der Waals surface area contributed by atoms with Crippen LogP contribution < -0.4 is 10.1 Å². The number of hydrogen-bond acceptors (Lipinski definition) is 4. The van der Waals surface area contributed by atoms with Crippen molar-refractivity contribution < 1.29 is 9.53 Å². The van der Waals surface area contributed by atoms with Crippen LogP contribution in [0.25, 0.3) is 0 Å². The Morgan fingerprint density at radius 2 is 2.00 bits per heavy atom. The minimum atomic E-state index is -0.0419. The molecule has 1 aromatic carbocycles. The van der Waals surface area contributed by atoms with Crippen LogP contribution in [0, 0.1) is 19.8 Å². The van der Waals surface area contributed by atoms with Crippen LogP contribution in [0.4, 0.5) is 0 Å². The molecule has 0 spiro atoms. The van der Waals surface area contributed by atoms with Crippen LogP contribution in [0.5, 0.6) is 5.75 Å². The number of aryl methyl sites for hydroxylation is 1. The van der Waals surface area contributed by atoms with Gasteiger partial charge < -0.3 is 14.6 Å². The first-order chi connectivity index (χ1) is 14.1. The molecule has 29 heavy (non-hydrogen) atoms. The number of ether oxygens (including phenoxy) is 1. The van der Waals surface area contributed by atoms with Crippen LogP contribution in [-0.2, 0) is 11.3 Å². The zero-order valence-corrected chi connectivity index (χ0v) is 17.6.